The van der Waals surface area contributed by atoms with Crippen molar-refractivity contribution in [1.29, 1.82) is 0 Å². The largest absolute Gasteiger partial charge is 0.394 e. The lowest BCUT2D eigenvalue weighted by Crippen LogP contribution is -2.44. The highest BCUT2D eigenvalue weighted by molar-refractivity contribution is 9.11. The van der Waals surface area contributed by atoms with Gasteiger partial charge in [-0.2, -0.15) is 0 Å². The fraction of sp³-hybridized carbons (Fsp3) is 0.545. The molecule has 0 saturated heterocycles. The van der Waals surface area contributed by atoms with Crippen molar-refractivity contribution in [1.82, 2.24) is 10.2 Å². The van der Waals surface area contributed by atoms with Gasteiger partial charge < -0.3 is 15.3 Å². The molecule has 96 valence electrons. The molecule has 0 aliphatic rings. The zero-order valence-corrected chi connectivity index (χ0v) is 12.3. The van der Waals surface area contributed by atoms with Crippen molar-refractivity contribution in [3.05, 3.63) is 20.8 Å². The summed E-state index contributed by atoms with van der Waals surface area (Å²) in [7, 11) is 1.68. The van der Waals surface area contributed by atoms with Crippen LogP contribution in [-0.2, 0) is 6.42 Å². The van der Waals surface area contributed by atoms with Crippen LogP contribution in [0.3, 0.4) is 0 Å². The molecule has 0 aliphatic heterocycles. The van der Waals surface area contributed by atoms with Gasteiger partial charge in [-0.3, -0.25) is 0 Å². The number of aliphatic hydroxyl groups is 1. The zero-order valence-electron chi connectivity index (χ0n) is 9.94. The Bertz CT molecular complexity index is 370. The molecule has 0 radical (unpaired) electrons. The number of amides is 2. The number of likely N-dealkylation sites (N-methyl/N-ethyl adjacent to an activating group) is 1. The van der Waals surface area contributed by atoms with Gasteiger partial charge in [0.05, 0.1) is 16.4 Å². The van der Waals surface area contributed by atoms with Crippen LogP contribution in [0.25, 0.3) is 0 Å². The zero-order chi connectivity index (χ0) is 12.8. The highest BCUT2D eigenvalue weighted by Crippen LogP contribution is 2.21. The van der Waals surface area contributed by atoms with E-state index in [1.807, 2.05) is 12.1 Å². The van der Waals surface area contributed by atoms with Gasteiger partial charge >= 0.3 is 6.03 Å². The molecule has 0 fully saturated rings. The minimum Gasteiger partial charge on any atom is -0.394 e. The van der Waals surface area contributed by atoms with E-state index >= 15 is 0 Å². The Labute approximate surface area is 114 Å². The van der Waals surface area contributed by atoms with E-state index in [0.29, 0.717) is 6.54 Å². The molecule has 0 aromatic carbocycles. The molecule has 6 heteroatoms. The van der Waals surface area contributed by atoms with E-state index < -0.39 is 0 Å². The lowest BCUT2D eigenvalue weighted by molar-refractivity contribution is 0.157. The Morgan fingerprint density at radius 3 is 2.88 bits per heavy atom. The number of carbonyl (C=O) groups is 1. The first-order chi connectivity index (χ1) is 8.04. The molecule has 2 N–H and O–H groups in total. The topological polar surface area (TPSA) is 52.6 Å². The molecule has 1 aromatic rings. The second-order valence-corrected chi connectivity index (χ2v) is 6.38. The Morgan fingerprint density at radius 2 is 2.35 bits per heavy atom. The molecule has 1 rings (SSSR count). The minimum atomic E-state index is -0.161. The van der Waals surface area contributed by atoms with Crippen LogP contribution < -0.4 is 5.32 Å². The standard InChI is InChI=1S/C11H17BrN2O2S/c1-8(7-15)14(2)11(16)13-6-5-9-3-4-10(12)17-9/h3-4,8,15H,5-7H2,1-2H3,(H,13,16). The van der Waals surface area contributed by atoms with Crippen molar-refractivity contribution in [3.8, 4) is 0 Å². The number of hydrogen-bond acceptors (Lipinski definition) is 3. The van der Waals surface area contributed by atoms with Gasteiger partial charge in [0.1, 0.15) is 0 Å². The fourth-order valence-corrected chi connectivity index (χ4v) is 2.71. The van der Waals surface area contributed by atoms with Crippen LogP contribution in [0.5, 0.6) is 0 Å². The number of nitrogens with zero attached hydrogens (tertiary/aromatic N) is 1. The number of carbonyl (C=O) groups excluding carboxylic acids is 1. The lowest BCUT2D eigenvalue weighted by Gasteiger charge is -2.23. The Hall–Kier alpha value is -0.590. The summed E-state index contributed by atoms with van der Waals surface area (Å²) in [5.74, 6) is 0. The first-order valence-electron chi connectivity index (χ1n) is 5.40. The predicted molar refractivity (Wildman–Crippen MR) is 73.4 cm³/mol. The first-order valence-corrected chi connectivity index (χ1v) is 7.01. The number of urea groups is 1. The molecular formula is C11H17BrN2O2S. The van der Waals surface area contributed by atoms with Gasteiger partial charge in [-0.25, -0.2) is 4.79 Å². The molecule has 0 spiro atoms. The molecule has 0 aliphatic carbocycles. The molecular weight excluding hydrogens is 304 g/mol. The van der Waals surface area contributed by atoms with E-state index in [1.165, 1.54) is 9.78 Å². The van der Waals surface area contributed by atoms with Crippen molar-refractivity contribution in [2.24, 2.45) is 0 Å². The van der Waals surface area contributed by atoms with Gasteiger partial charge in [-0.15, -0.1) is 11.3 Å². The number of halogens is 1. The van der Waals surface area contributed by atoms with Gasteiger partial charge in [0.15, 0.2) is 0 Å². The Balaban J connectivity index is 2.29. The summed E-state index contributed by atoms with van der Waals surface area (Å²) in [5, 5.41) is 11.8. The van der Waals surface area contributed by atoms with Gasteiger partial charge in [-0.1, -0.05) is 0 Å². The number of hydrogen-bond donors (Lipinski definition) is 2. The summed E-state index contributed by atoms with van der Waals surface area (Å²) in [6.45, 7) is 2.38. The molecule has 1 unspecified atom stereocenters. The van der Waals surface area contributed by atoms with Crippen molar-refractivity contribution >= 4 is 33.3 Å². The average molecular weight is 321 g/mol. The minimum absolute atomic E-state index is 0.0260. The normalized spacial score (nSPS) is 12.2. The molecule has 0 bridgehead atoms. The molecule has 0 saturated carbocycles. The van der Waals surface area contributed by atoms with Crippen LogP contribution in [0, 0.1) is 0 Å². The molecule has 17 heavy (non-hydrogen) atoms. The lowest BCUT2D eigenvalue weighted by atomic mass is 10.3. The number of rotatable bonds is 5. The third-order valence-corrected chi connectivity index (χ3v) is 4.21. The third kappa shape index (κ3) is 4.65. The SMILES string of the molecule is CC(CO)N(C)C(=O)NCCc1ccc(Br)s1. The molecule has 2 amide bonds. The smallest absolute Gasteiger partial charge is 0.317 e. The van der Waals surface area contributed by atoms with Crippen LogP contribution in [0.15, 0.2) is 15.9 Å². The molecule has 4 nitrogen and oxygen atoms in total. The monoisotopic (exact) mass is 320 g/mol. The maximum absolute atomic E-state index is 11.6. The van der Waals surface area contributed by atoms with E-state index in [2.05, 4.69) is 21.2 Å². The summed E-state index contributed by atoms with van der Waals surface area (Å²) in [6.07, 6.45) is 0.823. The maximum atomic E-state index is 11.6. The molecule has 1 aromatic heterocycles. The van der Waals surface area contributed by atoms with E-state index in [9.17, 15) is 4.79 Å². The second kappa shape index (κ2) is 6.98. The second-order valence-electron chi connectivity index (χ2n) is 3.83. The van der Waals surface area contributed by atoms with E-state index in [4.69, 9.17) is 5.11 Å². The highest BCUT2D eigenvalue weighted by Gasteiger charge is 2.13. The van der Waals surface area contributed by atoms with Gasteiger partial charge in [0, 0.05) is 18.5 Å². The van der Waals surface area contributed by atoms with Gasteiger partial charge in [0.25, 0.3) is 0 Å². The summed E-state index contributed by atoms with van der Waals surface area (Å²) < 4.78 is 1.10. The maximum Gasteiger partial charge on any atom is 0.317 e. The predicted octanol–water partition coefficient (Wildman–Crippen LogP) is 2.08. The first kappa shape index (κ1) is 14.5. The molecule has 1 heterocycles. The number of aliphatic hydroxyl groups excluding tert-OH is 1. The van der Waals surface area contributed by atoms with E-state index in [1.54, 1.807) is 25.3 Å². The van der Waals surface area contributed by atoms with Gasteiger partial charge in [-0.05, 0) is 41.4 Å². The van der Waals surface area contributed by atoms with Crippen LogP contribution in [0.2, 0.25) is 0 Å². The fourth-order valence-electron chi connectivity index (χ4n) is 1.23. The number of thiophene rings is 1. The summed E-state index contributed by atoms with van der Waals surface area (Å²) in [6, 6.07) is 3.73. The van der Waals surface area contributed by atoms with Crippen molar-refractivity contribution < 1.29 is 9.90 Å². The third-order valence-electron chi connectivity index (χ3n) is 2.52. The van der Waals surface area contributed by atoms with E-state index in [0.717, 1.165) is 10.2 Å². The number of nitrogens with one attached hydrogen (secondary N) is 1. The van der Waals surface area contributed by atoms with E-state index in [-0.39, 0.29) is 18.7 Å². The molecule has 1 atom stereocenters. The van der Waals surface area contributed by atoms with Gasteiger partial charge in [0.2, 0.25) is 0 Å². The Morgan fingerprint density at radius 1 is 1.65 bits per heavy atom. The Kier molecular flexibility index (Phi) is 5.94. The van der Waals surface area contributed by atoms with Crippen LogP contribution in [-0.4, -0.2) is 42.3 Å². The summed E-state index contributed by atoms with van der Waals surface area (Å²) in [5.41, 5.74) is 0. The quantitative estimate of drug-likeness (QED) is 0.872. The van der Waals surface area contributed by atoms with Crippen LogP contribution >= 0.6 is 27.3 Å². The van der Waals surface area contributed by atoms with Crippen molar-refractivity contribution in [2.75, 3.05) is 20.2 Å². The average Bonchev–Trinajstić information content (AvgIpc) is 2.72. The summed E-state index contributed by atoms with van der Waals surface area (Å²) in [4.78, 5) is 14.4. The van der Waals surface area contributed by atoms with Crippen LogP contribution in [0.4, 0.5) is 4.79 Å². The van der Waals surface area contributed by atoms with Crippen molar-refractivity contribution in [2.45, 2.75) is 19.4 Å². The highest BCUT2D eigenvalue weighted by atomic mass is 79.9. The summed E-state index contributed by atoms with van der Waals surface area (Å²) >= 11 is 5.07. The van der Waals surface area contributed by atoms with Crippen LogP contribution in [0.1, 0.15) is 11.8 Å². The van der Waals surface area contributed by atoms with Crippen molar-refractivity contribution in [3.63, 3.8) is 0 Å².